The summed E-state index contributed by atoms with van der Waals surface area (Å²) in [6.07, 6.45) is 9.22. The number of carbonyl (C=O) groups is 1. The van der Waals surface area contributed by atoms with Crippen molar-refractivity contribution in [2.75, 3.05) is 6.61 Å². The van der Waals surface area contributed by atoms with Gasteiger partial charge in [-0.3, -0.25) is 9.48 Å². The first-order valence-electron chi connectivity index (χ1n) is 7.84. The summed E-state index contributed by atoms with van der Waals surface area (Å²) in [6.45, 7) is 2.79. The summed E-state index contributed by atoms with van der Waals surface area (Å²) in [5.74, 6) is 0.404. The number of aryl methyl sites for hydroxylation is 2. The third-order valence-corrected chi connectivity index (χ3v) is 4.88. The molecule has 1 aromatic heterocycles. The minimum absolute atomic E-state index is 0.00711. The number of ketones is 1. The number of nitrogens with zero attached hydrogens (tertiary/aromatic N) is 2. The number of ether oxygens (including phenoxy) is 1. The van der Waals surface area contributed by atoms with E-state index in [0.717, 1.165) is 50.0 Å². The third-order valence-electron chi connectivity index (χ3n) is 4.88. The van der Waals surface area contributed by atoms with Crippen LogP contribution in [0.2, 0.25) is 0 Å². The van der Waals surface area contributed by atoms with Crippen molar-refractivity contribution in [3.05, 3.63) is 17.5 Å². The molecule has 1 unspecified atom stereocenters. The van der Waals surface area contributed by atoms with E-state index < -0.39 is 0 Å². The van der Waals surface area contributed by atoms with Gasteiger partial charge in [-0.15, -0.1) is 0 Å². The fourth-order valence-electron chi connectivity index (χ4n) is 3.84. The summed E-state index contributed by atoms with van der Waals surface area (Å²) in [7, 11) is 1.89. The Kier molecular flexibility index (Phi) is 3.67. The predicted octanol–water partition coefficient (Wildman–Crippen LogP) is 2.90. The van der Waals surface area contributed by atoms with E-state index in [1.807, 2.05) is 13.2 Å². The molecule has 0 N–H and O–H groups in total. The summed E-state index contributed by atoms with van der Waals surface area (Å²) < 4.78 is 7.79. The number of hydrogen-bond acceptors (Lipinski definition) is 3. The summed E-state index contributed by atoms with van der Waals surface area (Å²) >= 11 is 0. The second-order valence-electron chi connectivity index (χ2n) is 6.31. The highest BCUT2D eigenvalue weighted by atomic mass is 16.5. The van der Waals surface area contributed by atoms with Crippen molar-refractivity contribution in [2.45, 2.75) is 57.5 Å². The van der Waals surface area contributed by atoms with Gasteiger partial charge < -0.3 is 4.74 Å². The second-order valence-corrected chi connectivity index (χ2v) is 6.31. The number of Topliss-reactive ketones (excluding diaryl/α,β-unsaturated/α-hetero) is 1. The molecule has 20 heavy (non-hydrogen) atoms. The first-order valence-corrected chi connectivity index (χ1v) is 7.84. The van der Waals surface area contributed by atoms with Crippen molar-refractivity contribution in [3.8, 4) is 0 Å². The molecule has 3 rings (SSSR count). The van der Waals surface area contributed by atoms with Gasteiger partial charge in [-0.1, -0.05) is 19.8 Å². The van der Waals surface area contributed by atoms with Crippen molar-refractivity contribution in [2.24, 2.45) is 13.0 Å². The molecule has 1 saturated heterocycles. The highest BCUT2D eigenvalue weighted by Crippen LogP contribution is 2.42. The van der Waals surface area contributed by atoms with Crippen molar-refractivity contribution >= 4 is 5.78 Å². The smallest absolute Gasteiger partial charge is 0.169 e. The number of aromatic nitrogens is 2. The molecule has 1 aromatic rings. The van der Waals surface area contributed by atoms with Gasteiger partial charge in [0, 0.05) is 25.8 Å². The molecule has 1 atom stereocenters. The van der Waals surface area contributed by atoms with Gasteiger partial charge in [-0.05, 0) is 32.1 Å². The first-order chi connectivity index (χ1) is 9.63. The molecule has 2 heterocycles. The average molecular weight is 276 g/mol. The number of hydrogen-bond donors (Lipinski definition) is 0. The molecule has 1 aliphatic heterocycles. The Hall–Kier alpha value is -1.16. The second kappa shape index (κ2) is 5.32. The van der Waals surface area contributed by atoms with Gasteiger partial charge in [-0.2, -0.15) is 5.10 Å². The zero-order valence-electron chi connectivity index (χ0n) is 12.5. The fourth-order valence-corrected chi connectivity index (χ4v) is 3.84. The Morgan fingerprint density at radius 1 is 1.50 bits per heavy atom. The Morgan fingerprint density at radius 2 is 2.25 bits per heavy atom. The first kappa shape index (κ1) is 13.8. The van der Waals surface area contributed by atoms with Gasteiger partial charge in [0.2, 0.25) is 0 Å². The van der Waals surface area contributed by atoms with E-state index in [1.54, 1.807) is 4.68 Å². The molecule has 1 aliphatic carbocycles. The number of carbonyl (C=O) groups excluding carboxylic acids is 1. The normalized spacial score (nSPS) is 25.2. The molecule has 4 nitrogen and oxygen atoms in total. The topological polar surface area (TPSA) is 44.1 Å². The molecular formula is C16H24N2O2. The summed E-state index contributed by atoms with van der Waals surface area (Å²) in [4.78, 5) is 12.8. The quantitative estimate of drug-likeness (QED) is 0.797. The van der Waals surface area contributed by atoms with Gasteiger partial charge in [0.1, 0.15) is 0 Å². The summed E-state index contributed by atoms with van der Waals surface area (Å²) in [6, 6.07) is 0. The maximum absolute atomic E-state index is 12.8. The van der Waals surface area contributed by atoms with Gasteiger partial charge in [0.25, 0.3) is 0 Å². The summed E-state index contributed by atoms with van der Waals surface area (Å²) in [5, 5.41) is 4.40. The van der Waals surface area contributed by atoms with Crippen LogP contribution in [0.1, 0.15) is 61.5 Å². The van der Waals surface area contributed by atoms with Crippen LogP contribution in [0.15, 0.2) is 6.20 Å². The van der Waals surface area contributed by atoms with E-state index in [9.17, 15) is 4.79 Å². The van der Waals surface area contributed by atoms with Gasteiger partial charge >= 0.3 is 0 Å². The molecule has 1 spiro atoms. The molecule has 2 aliphatic rings. The lowest BCUT2D eigenvalue weighted by Gasteiger charge is -2.37. The minimum atomic E-state index is 0.00711. The minimum Gasteiger partial charge on any atom is -0.375 e. The van der Waals surface area contributed by atoms with E-state index in [4.69, 9.17) is 4.74 Å². The molecule has 0 amide bonds. The lowest BCUT2D eigenvalue weighted by atomic mass is 9.80. The predicted molar refractivity (Wildman–Crippen MR) is 76.8 cm³/mol. The molecule has 0 aromatic carbocycles. The number of rotatable bonds is 3. The van der Waals surface area contributed by atoms with Crippen LogP contribution in [-0.4, -0.2) is 27.8 Å². The van der Waals surface area contributed by atoms with Crippen LogP contribution in [0.4, 0.5) is 0 Å². The molecule has 2 fully saturated rings. The highest BCUT2D eigenvalue weighted by Gasteiger charge is 2.42. The van der Waals surface area contributed by atoms with Crippen LogP contribution in [-0.2, 0) is 18.2 Å². The molecule has 110 valence electrons. The molecular weight excluding hydrogens is 252 g/mol. The Morgan fingerprint density at radius 3 is 2.95 bits per heavy atom. The lowest BCUT2D eigenvalue weighted by molar-refractivity contribution is -0.0866. The van der Waals surface area contributed by atoms with Gasteiger partial charge in [0.05, 0.1) is 16.9 Å². The van der Waals surface area contributed by atoms with E-state index >= 15 is 0 Å². The lowest BCUT2D eigenvalue weighted by Crippen LogP contribution is -2.39. The summed E-state index contributed by atoms with van der Waals surface area (Å²) in [5.41, 5.74) is 1.77. The van der Waals surface area contributed by atoms with Crippen molar-refractivity contribution in [3.63, 3.8) is 0 Å². The van der Waals surface area contributed by atoms with Crippen LogP contribution < -0.4 is 0 Å². The van der Waals surface area contributed by atoms with Gasteiger partial charge in [0.15, 0.2) is 5.78 Å². The van der Waals surface area contributed by atoms with Crippen LogP contribution in [0.25, 0.3) is 0 Å². The van der Waals surface area contributed by atoms with E-state index in [1.165, 1.54) is 12.8 Å². The van der Waals surface area contributed by atoms with Crippen molar-refractivity contribution < 1.29 is 9.53 Å². The molecule has 4 heteroatoms. The highest BCUT2D eigenvalue weighted by molar-refractivity contribution is 5.98. The molecule has 1 saturated carbocycles. The maximum Gasteiger partial charge on any atom is 0.169 e. The zero-order chi connectivity index (χ0) is 14.2. The van der Waals surface area contributed by atoms with Crippen molar-refractivity contribution in [1.29, 1.82) is 0 Å². The Labute approximate surface area is 120 Å². The van der Waals surface area contributed by atoms with E-state index in [0.29, 0.717) is 0 Å². The average Bonchev–Trinajstić information content (AvgIpc) is 3.05. The maximum atomic E-state index is 12.8. The van der Waals surface area contributed by atoms with Crippen LogP contribution in [0.3, 0.4) is 0 Å². The van der Waals surface area contributed by atoms with Gasteiger partial charge in [-0.25, -0.2) is 0 Å². The van der Waals surface area contributed by atoms with E-state index in [-0.39, 0.29) is 17.3 Å². The third kappa shape index (κ3) is 2.41. The molecule has 0 bridgehead atoms. The zero-order valence-corrected chi connectivity index (χ0v) is 12.5. The van der Waals surface area contributed by atoms with Crippen molar-refractivity contribution in [1.82, 2.24) is 9.78 Å². The van der Waals surface area contributed by atoms with E-state index in [2.05, 4.69) is 12.0 Å². The standard InChI is InChI=1S/C16H24N2O2/c1-3-14-13(11-18(2)17-14)15(19)12-6-9-20-16(10-12)7-4-5-8-16/h11-12H,3-10H2,1-2H3. The monoisotopic (exact) mass is 276 g/mol. The Bertz CT molecular complexity index is 501. The molecule has 0 radical (unpaired) electrons. The van der Waals surface area contributed by atoms with Crippen LogP contribution >= 0.6 is 0 Å². The Balaban J connectivity index is 1.79. The SMILES string of the molecule is CCc1nn(C)cc1C(=O)C1CCOC2(CCCC2)C1. The van der Waals surface area contributed by atoms with Crippen LogP contribution in [0.5, 0.6) is 0 Å². The fraction of sp³-hybridized carbons (Fsp3) is 0.750. The van der Waals surface area contributed by atoms with Crippen LogP contribution in [0, 0.1) is 5.92 Å². The largest absolute Gasteiger partial charge is 0.375 e.